The molecule has 0 radical (unpaired) electrons. The molecule has 8 heteroatoms. The molecule has 8 nitrogen and oxygen atoms in total. The van der Waals surface area contributed by atoms with Gasteiger partial charge in [-0.1, -0.05) is 63.2 Å². The molecular formula is C32H41N7O. The highest BCUT2D eigenvalue weighted by molar-refractivity contribution is 5.81. The van der Waals surface area contributed by atoms with Crippen molar-refractivity contribution >= 4 is 11.2 Å². The van der Waals surface area contributed by atoms with Crippen molar-refractivity contribution in [3.05, 3.63) is 76.7 Å². The van der Waals surface area contributed by atoms with Gasteiger partial charge in [0.2, 0.25) is 5.82 Å². The van der Waals surface area contributed by atoms with Crippen molar-refractivity contribution in [2.24, 2.45) is 7.05 Å². The van der Waals surface area contributed by atoms with Crippen LogP contribution < -0.4 is 0 Å². The Bertz CT molecular complexity index is 1540. The number of aliphatic hydroxyl groups excluding tert-OH is 1. The van der Waals surface area contributed by atoms with E-state index in [1.807, 2.05) is 45.2 Å². The second-order valence-corrected chi connectivity index (χ2v) is 10.1. The molecule has 5 aromatic rings. The van der Waals surface area contributed by atoms with Crippen LogP contribution in [0.4, 0.5) is 0 Å². The van der Waals surface area contributed by atoms with E-state index in [0.717, 1.165) is 52.2 Å². The Labute approximate surface area is 236 Å². The number of tetrazole rings is 1. The third kappa shape index (κ3) is 6.45. The van der Waals surface area contributed by atoms with Gasteiger partial charge in [0.05, 0.1) is 6.10 Å². The standard InChI is InChI=1S/C16H14N4.C14H21N3O.C2H6/c1-2-7-15(16-17-19-20-18-16)14(6-1)13-9-8-11-4-3-5-12(11)10-13;1-5-6-12-16-13-9(2)7-11(8-10(3)18)15-14(13)17(12)4;1-2/h1-2,6-10H,3-5H2,(H,17,18,19,20);7,10,18H,5-6,8H2,1-4H3;1-2H3. The maximum atomic E-state index is 9.47. The highest BCUT2D eigenvalue weighted by atomic mass is 16.3. The molecule has 0 saturated heterocycles. The Morgan fingerprint density at radius 2 is 1.75 bits per heavy atom. The predicted molar refractivity (Wildman–Crippen MR) is 161 cm³/mol. The monoisotopic (exact) mass is 539 g/mol. The summed E-state index contributed by atoms with van der Waals surface area (Å²) in [5, 5.41) is 23.8. The van der Waals surface area contributed by atoms with E-state index in [2.05, 4.69) is 73.3 Å². The number of hydrogen-bond donors (Lipinski definition) is 2. The Hall–Kier alpha value is -3.91. The number of hydrogen-bond acceptors (Lipinski definition) is 6. The molecule has 0 amide bonds. The third-order valence-corrected chi connectivity index (χ3v) is 7.06. The van der Waals surface area contributed by atoms with E-state index in [0.29, 0.717) is 12.2 Å². The fourth-order valence-electron chi connectivity index (χ4n) is 5.21. The summed E-state index contributed by atoms with van der Waals surface area (Å²) < 4.78 is 2.07. The first-order chi connectivity index (χ1) is 19.4. The van der Waals surface area contributed by atoms with E-state index < -0.39 is 0 Å². The van der Waals surface area contributed by atoms with Crippen LogP contribution in [0.1, 0.15) is 68.7 Å². The first-order valence-electron chi connectivity index (χ1n) is 14.4. The molecule has 1 aliphatic carbocycles. The summed E-state index contributed by atoms with van der Waals surface area (Å²) in [7, 11) is 2.01. The molecule has 0 saturated carbocycles. The fourth-order valence-corrected chi connectivity index (χ4v) is 5.21. The lowest BCUT2D eigenvalue weighted by molar-refractivity contribution is 0.194. The Morgan fingerprint density at radius 1 is 1.00 bits per heavy atom. The average Bonchev–Trinajstić information content (AvgIpc) is 3.72. The largest absolute Gasteiger partial charge is 0.393 e. The van der Waals surface area contributed by atoms with Gasteiger partial charge in [0, 0.05) is 31.1 Å². The Balaban J connectivity index is 0.000000175. The van der Waals surface area contributed by atoms with Gasteiger partial charge in [0.1, 0.15) is 11.3 Å². The van der Waals surface area contributed by atoms with E-state index in [-0.39, 0.29) is 6.10 Å². The normalized spacial score (nSPS) is 12.8. The predicted octanol–water partition coefficient (Wildman–Crippen LogP) is 6.20. The molecule has 0 spiro atoms. The number of nitrogens with zero attached hydrogens (tertiary/aromatic N) is 6. The lowest BCUT2D eigenvalue weighted by atomic mass is 9.96. The highest BCUT2D eigenvalue weighted by Crippen LogP contribution is 2.33. The van der Waals surface area contributed by atoms with E-state index in [4.69, 9.17) is 0 Å². The van der Waals surface area contributed by atoms with Gasteiger partial charge >= 0.3 is 0 Å². The van der Waals surface area contributed by atoms with Crippen LogP contribution in [0.15, 0.2) is 48.5 Å². The number of aromatic nitrogens is 7. The van der Waals surface area contributed by atoms with Gasteiger partial charge in [-0.2, -0.15) is 5.21 Å². The number of benzene rings is 2. The van der Waals surface area contributed by atoms with Gasteiger partial charge in [-0.15, -0.1) is 10.2 Å². The highest BCUT2D eigenvalue weighted by Gasteiger charge is 2.15. The molecule has 1 unspecified atom stereocenters. The van der Waals surface area contributed by atoms with Crippen molar-refractivity contribution in [3.8, 4) is 22.5 Å². The summed E-state index contributed by atoms with van der Waals surface area (Å²) in [5.41, 5.74) is 10.3. The summed E-state index contributed by atoms with van der Waals surface area (Å²) in [6, 6.07) is 17.0. The fraction of sp³-hybridized carbons (Fsp3) is 0.406. The third-order valence-electron chi connectivity index (χ3n) is 7.06. The first-order valence-corrected chi connectivity index (χ1v) is 14.4. The summed E-state index contributed by atoms with van der Waals surface area (Å²) in [6.07, 6.45) is 5.94. The lowest BCUT2D eigenvalue weighted by Crippen LogP contribution is -2.07. The number of pyridine rings is 1. The zero-order chi connectivity index (χ0) is 28.6. The number of rotatable bonds is 6. The molecule has 1 atom stereocenters. The average molecular weight is 540 g/mol. The van der Waals surface area contributed by atoms with Crippen LogP contribution in [0.25, 0.3) is 33.7 Å². The second kappa shape index (κ2) is 13.4. The quantitative estimate of drug-likeness (QED) is 0.266. The van der Waals surface area contributed by atoms with Gasteiger partial charge in [-0.05, 0) is 78.6 Å². The van der Waals surface area contributed by atoms with Crippen LogP contribution in [0.5, 0.6) is 0 Å². The molecule has 1 aliphatic rings. The van der Waals surface area contributed by atoms with Crippen LogP contribution in [-0.4, -0.2) is 46.4 Å². The topological polar surface area (TPSA) is 105 Å². The molecule has 3 heterocycles. The number of aryl methyl sites for hydroxylation is 5. The number of H-pyrrole nitrogens is 1. The number of aliphatic hydroxyl groups is 1. The summed E-state index contributed by atoms with van der Waals surface area (Å²) in [4.78, 5) is 9.28. The molecule has 0 aliphatic heterocycles. The maximum absolute atomic E-state index is 9.47. The van der Waals surface area contributed by atoms with Gasteiger partial charge < -0.3 is 9.67 Å². The second-order valence-electron chi connectivity index (χ2n) is 10.1. The van der Waals surface area contributed by atoms with Gasteiger partial charge in [-0.3, -0.25) is 0 Å². The molecule has 3 aromatic heterocycles. The minimum Gasteiger partial charge on any atom is -0.393 e. The van der Waals surface area contributed by atoms with E-state index in [9.17, 15) is 5.11 Å². The minimum atomic E-state index is -0.363. The van der Waals surface area contributed by atoms with Crippen LogP contribution in [0, 0.1) is 6.92 Å². The maximum Gasteiger partial charge on any atom is 0.205 e. The van der Waals surface area contributed by atoms with Crippen molar-refractivity contribution in [1.29, 1.82) is 0 Å². The SMILES string of the molecule is CC.CCCc1nc2c(C)cc(CC(C)O)nc2n1C.c1ccc(-c2nn[nH]n2)c(-c2ccc3c(c2)CCC3)c1. The van der Waals surface area contributed by atoms with E-state index in [1.165, 1.54) is 36.0 Å². The van der Waals surface area contributed by atoms with Crippen molar-refractivity contribution in [3.63, 3.8) is 0 Å². The van der Waals surface area contributed by atoms with Crippen molar-refractivity contribution in [1.82, 2.24) is 35.2 Å². The number of fused-ring (bicyclic) bond motifs is 2. The molecule has 0 fully saturated rings. The minimum absolute atomic E-state index is 0.363. The van der Waals surface area contributed by atoms with Crippen LogP contribution >= 0.6 is 0 Å². The van der Waals surface area contributed by atoms with E-state index in [1.54, 1.807) is 6.92 Å². The van der Waals surface area contributed by atoms with E-state index >= 15 is 0 Å². The first kappa shape index (κ1) is 29.1. The number of aromatic amines is 1. The zero-order valence-electron chi connectivity index (χ0n) is 24.6. The van der Waals surface area contributed by atoms with Crippen molar-refractivity contribution < 1.29 is 5.11 Å². The van der Waals surface area contributed by atoms with Crippen LogP contribution in [0.3, 0.4) is 0 Å². The lowest BCUT2D eigenvalue weighted by Gasteiger charge is -2.08. The molecule has 0 bridgehead atoms. The van der Waals surface area contributed by atoms with Crippen molar-refractivity contribution in [2.45, 2.75) is 79.2 Å². The molecule has 2 aromatic carbocycles. The molecule has 6 rings (SSSR count). The zero-order valence-corrected chi connectivity index (χ0v) is 24.6. The Kier molecular flexibility index (Phi) is 9.77. The molecular weight excluding hydrogens is 498 g/mol. The van der Waals surface area contributed by atoms with Gasteiger partial charge in [-0.25, -0.2) is 9.97 Å². The summed E-state index contributed by atoms with van der Waals surface area (Å²) in [6.45, 7) is 9.99. The van der Waals surface area contributed by atoms with Crippen LogP contribution in [0.2, 0.25) is 0 Å². The molecule has 40 heavy (non-hydrogen) atoms. The summed E-state index contributed by atoms with van der Waals surface area (Å²) in [5.74, 6) is 1.72. The smallest absolute Gasteiger partial charge is 0.205 e. The van der Waals surface area contributed by atoms with Gasteiger partial charge in [0.15, 0.2) is 5.65 Å². The molecule has 2 N–H and O–H groups in total. The molecule has 210 valence electrons. The summed E-state index contributed by atoms with van der Waals surface area (Å²) >= 11 is 0. The van der Waals surface area contributed by atoms with Gasteiger partial charge in [0.25, 0.3) is 0 Å². The number of nitrogens with one attached hydrogen (secondary N) is 1. The van der Waals surface area contributed by atoms with Crippen molar-refractivity contribution in [2.75, 3.05) is 0 Å². The number of imidazole rings is 1. The Morgan fingerprint density at radius 3 is 2.45 bits per heavy atom. The van der Waals surface area contributed by atoms with Crippen LogP contribution in [-0.2, 0) is 32.7 Å².